The summed E-state index contributed by atoms with van der Waals surface area (Å²) >= 11 is 0. The van der Waals surface area contributed by atoms with Gasteiger partial charge in [-0.3, -0.25) is 14.7 Å². The zero-order valence-corrected chi connectivity index (χ0v) is 11.7. The molecule has 1 rings (SSSR count). The summed E-state index contributed by atoms with van der Waals surface area (Å²) in [4.78, 5) is 17.4. The van der Waals surface area contributed by atoms with E-state index >= 15 is 0 Å². The van der Waals surface area contributed by atoms with Crippen molar-refractivity contribution in [3.63, 3.8) is 0 Å². The standard InChI is InChI=1S/C14H21FN2O2/c1-4-14(9-13(18)19,17(5-2)6-3)12-8-7-11(15)10-16-12/h7-8,10H,4-6,9H2,1-3H3,(H,18,19). The van der Waals surface area contributed by atoms with Gasteiger partial charge in [-0.1, -0.05) is 20.8 Å². The molecule has 0 aliphatic heterocycles. The van der Waals surface area contributed by atoms with E-state index in [1.807, 2.05) is 20.8 Å². The van der Waals surface area contributed by atoms with Gasteiger partial charge in [-0.2, -0.15) is 0 Å². The third kappa shape index (κ3) is 3.29. The molecule has 1 heterocycles. The molecule has 1 N–H and O–H groups in total. The fourth-order valence-electron chi connectivity index (χ4n) is 2.62. The summed E-state index contributed by atoms with van der Waals surface area (Å²) in [6, 6.07) is 2.91. The predicted octanol–water partition coefficient (Wildman–Crippen LogP) is 2.64. The van der Waals surface area contributed by atoms with Gasteiger partial charge >= 0.3 is 5.97 Å². The van der Waals surface area contributed by atoms with E-state index in [0.29, 0.717) is 12.1 Å². The molecule has 0 radical (unpaired) electrons. The molecular weight excluding hydrogens is 247 g/mol. The Kier molecular flexibility index (Phi) is 5.42. The Balaban J connectivity index is 3.29. The fraction of sp³-hybridized carbons (Fsp3) is 0.571. The van der Waals surface area contributed by atoms with Gasteiger partial charge < -0.3 is 5.11 Å². The number of carboxylic acids is 1. The molecule has 0 aromatic carbocycles. The van der Waals surface area contributed by atoms with Crippen LogP contribution in [0.5, 0.6) is 0 Å². The van der Waals surface area contributed by atoms with Crippen molar-refractivity contribution in [1.82, 2.24) is 9.88 Å². The second-order valence-electron chi connectivity index (χ2n) is 4.49. The molecule has 1 aromatic heterocycles. The van der Waals surface area contributed by atoms with Crippen molar-refractivity contribution in [2.45, 2.75) is 39.2 Å². The first-order valence-corrected chi connectivity index (χ1v) is 6.59. The molecule has 1 unspecified atom stereocenters. The van der Waals surface area contributed by atoms with Crippen LogP contribution in [0.3, 0.4) is 0 Å². The molecule has 1 atom stereocenters. The lowest BCUT2D eigenvalue weighted by Gasteiger charge is -2.41. The second-order valence-corrected chi connectivity index (χ2v) is 4.49. The molecule has 4 nitrogen and oxygen atoms in total. The molecular formula is C14H21FN2O2. The van der Waals surface area contributed by atoms with Crippen LogP contribution in [-0.2, 0) is 10.3 Å². The smallest absolute Gasteiger partial charge is 0.305 e. The van der Waals surface area contributed by atoms with Crippen LogP contribution in [-0.4, -0.2) is 34.0 Å². The van der Waals surface area contributed by atoms with E-state index in [4.69, 9.17) is 0 Å². The van der Waals surface area contributed by atoms with Crippen molar-refractivity contribution in [2.75, 3.05) is 13.1 Å². The summed E-state index contributed by atoms with van der Waals surface area (Å²) in [5, 5.41) is 9.21. The highest BCUT2D eigenvalue weighted by Crippen LogP contribution is 2.34. The Morgan fingerprint density at radius 3 is 2.37 bits per heavy atom. The Morgan fingerprint density at radius 1 is 1.37 bits per heavy atom. The average Bonchev–Trinajstić information content (AvgIpc) is 2.39. The highest BCUT2D eigenvalue weighted by Gasteiger charge is 2.39. The van der Waals surface area contributed by atoms with Gasteiger partial charge in [0.1, 0.15) is 5.82 Å². The number of nitrogens with zero attached hydrogens (tertiary/aromatic N) is 2. The maximum absolute atomic E-state index is 13.0. The molecule has 5 heteroatoms. The monoisotopic (exact) mass is 268 g/mol. The summed E-state index contributed by atoms with van der Waals surface area (Å²) in [5.41, 5.74) is -0.0641. The van der Waals surface area contributed by atoms with Crippen LogP contribution >= 0.6 is 0 Å². The Labute approximate surface area is 113 Å². The van der Waals surface area contributed by atoms with E-state index < -0.39 is 17.3 Å². The van der Waals surface area contributed by atoms with Gasteiger partial charge in [-0.15, -0.1) is 0 Å². The number of carbonyl (C=O) groups is 1. The van der Waals surface area contributed by atoms with Gasteiger partial charge in [-0.05, 0) is 31.6 Å². The van der Waals surface area contributed by atoms with Crippen molar-refractivity contribution < 1.29 is 14.3 Å². The van der Waals surface area contributed by atoms with E-state index in [-0.39, 0.29) is 6.42 Å². The van der Waals surface area contributed by atoms with Crippen molar-refractivity contribution >= 4 is 5.97 Å². The lowest BCUT2D eigenvalue weighted by atomic mass is 9.85. The van der Waals surface area contributed by atoms with Gasteiger partial charge in [0.2, 0.25) is 0 Å². The normalized spacial score (nSPS) is 14.4. The molecule has 0 spiro atoms. The first kappa shape index (κ1) is 15.6. The summed E-state index contributed by atoms with van der Waals surface area (Å²) in [6.07, 6.45) is 1.72. The molecule has 0 saturated heterocycles. The topological polar surface area (TPSA) is 53.4 Å². The van der Waals surface area contributed by atoms with Gasteiger partial charge in [0.25, 0.3) is 0 Å². The Hall–Kier alpha value is -1.49. The van der Waals surface area contributed by atoms with E-state index in [2.05, 4.69) is 9.88 Å². The molecule has 0 fully saturated rings. The number of hydrogen-bond donors (Lipinski definition) is 1. The molecule has 1 aromatic rings. The van der Waals surface area contributed by atoms with E-state index in [1.54, 1.807) is 6.07 Å². The summed E-state index contributed by atoms with van der Waals surface area (Å²) < 4.78 is 13.0. The third-order valence-corrected chi connectivity index (χ3v) is 3.60. The molecule has 0 saturated carbocycles. The van der Waals surface area contributed by atoms with E-state index in [9.17, 15) is 14.3 Å². The van der Waals surface area contributed by atoms with E-state index in [0.717, 1.165) is 19.3 Å². The number of halogens is 1. The zero-order valence-electron chi connectivity index (χ0n) is 11.7. The van der Waals surface area contributed by atoms with Gasteiger partial charge in [0, 0.05) is 0 Å². The Morgan fingerprint density at radius 2 is 2.00 bits per heavy atom. The first-order chi connectivity index (χ1) is 9.00. The maximum Gasteiger partial charge on any atom is 0.305 e. The number of aliphatic carboxylic acids is 1. The maximum atomic E-state index is 13.0. The van der Waals surface area contributed by atoms with Crippen LogP contribution in [0.15, 0.2) is 18.3 Å². The van der Waals surface area contributed by atoms with E-state index in [1.165, 1.54) is 6.07 Å². The predicted molar refractivity (Wildman–Crippen MR) is 71.3 cm³/mol. The van der Waals surface area contributed by atoms with Crippen LogP contribution in [0.1, 0.15) is 39.3 Å². The van der Waals surface area contributed by atoms with Crippen LogP contribution in [0, 0.1) is 5.82 Å². The van der Waals surface area contributed by atoms with Crippen LogP contribution in [0.4, 0.5) is 4.39 Å². The number of aromatic nitrogens is 1. The molecule has 0 aliphatic carbocycles. The fourth-order valence-corrected chi connectivity index (χ4v) is 2.62. The van der Waals surface area contributed by atoms with Crippen molar-refractivity contribution in [3.05, 3.63) is 29.8 Å². The molecule has 0 aliphatic rings. The highest BCUT2D eigenvalue weighted by atomic mass is 19.1. The lowest BCUT2D eigenvalue weighted by Crippen LogP contribution is -2.47. The van der Waals surface area contributed by atoms with Crippen molar-refractivity contribution in [1.29, 1.82) is 0 Å². The average molecular weight is 268 g/mol. The SMILES string of the molecule is CCN(CC)C(CC)(CC(=O)O)c1ccc(F)cn1. The number of rotatable bonds is 7. The minimum atomic E-state index is -0.875. The lowest BCUT2D eigenvalue weighted by molar-refractivity contribution is -0.141. The van der Waals surface area contributed by atoms with Crippen molar-refractivity contribution in [3.8, 4) is 0 Å². The van der Waals surface area contributed by atoms with Crippen LogP contribution in [0.25, 0.3) is 0 Å². The largest absolute Gasteiger partial charge is 0.481 e. The molecule has 106 valence electrons. The summed E-state index contributed by atoms with van der Waals surface area (Å²) in [6.45, 7) is 7.35. The van der Waals surface area contributed by atoms with Gasteiger partial charge in [-0.25, -0.2) is 4.39 Å². The van der Waals surface area contributed by atoms with Gasteiger partial charge in [0.05, 0.1) is 23.9 Å². The third-order valence-electron chi connectivity index (χ3n) is 3.60. The number of hydrogen-bond acceptors (Lipinski definition) is 3. The minimum Gasteiger partial charge on any atom is -0.481 e. The van der Waals surface area contributed by atoms with Crippen LogP contribution < -0.4 is 0 Å². The van der Waals surface area contributed by atoms with Crippen LogP contribution in [0.2, 0.25) is 0 Å². The van der Waals surface area contributed by atoms with Crippen molar-refractivity contribution in [2.24, 2.45) is 0 Å². The molecule has 19 heavy (non-hydrogen) atoms. The molecule has 0 bridgehead atoms. The second kappa shape index (κ2) is 6.61. The molecule has 0 amide bonds. The first-order valence-electron chi connectivity index (χ1n) is 6.59. The number of carboxylic acid groups (broad SMARTS) is 1. The summed E-state index contributed by atoms with van der Waals surface area (Å²) in [7, 11) is 0. The highest BCUT2D eigenvalue weighted by molar-refractivity contribution is 5.68. The van der Waals surface area contributed by atoms with Gasteiger partial charge in [0.15, 0.2) is 0 Å². The summed E-state index contributed by atoms with van der Waals surface area (Å²) in [5.74, 6) is -1.29. The quantitative estimate of drug-likeness (QED) is 0.826. The zero-order chi connectivity index (χ0) is 14.5. The minimum absolute atomic E-state index is 0.0379. The Bertz CT molecular complexity index is 418. The number of pyridine rings is 1.